The second-order valence-electron chi connectivity index (χ2n) is 8.59. The standard InChI is InChI=1S/C22H29N3O4/c1-14-7-8-15-13-16(19(26)24-17(15)12-14)9-10-23-20(27)18-6-5-11-25(18)21(28)29-22(2,3)4/h7-8,12-13,18H,5-6,9-11H2,1-4H3,(H,23,27)(H,24,26). The molecule has 1 unspecified atom stereocenters. The molecule has 1 saturated heterocycles. The summed E-state index contributed by atoms with van der Waals surface area (Å²) in [6.45, 7) is 8.23. The van der Waals surface area contributed by atoms with E-state index in [0.717, 1.165) is 22.9 Å². The lowest BCUT2D eigenvalue weighted by Gasteiger charge is -2.28. The molecule has 0 radical (unpaired) electrons. The molecule has 29 heavy (non-hydrogen) atoms. The summed E-state index contributed by atoms with van der Waals surface area (Å²) in [5.74, 6) is -0.207. The number of aromatic nitrogens is 1. The zero-order valence-corrected chi connectivity index (χ0v) is 17.5. The summed E-state index contributed by atoms with van der Waals surface area (Å²) in [6.07, 6.45) is 1.34. The first kappa shape index (κ1) is 20.9. The minimum absolute atomic E-state index is 0.145. The first-order chi connectivity index (χ1) is 13.6. The van der Waals surface area contributed by atoms with E-state index in [4.69, 9.17) is 4.74 Å². The third-order valence-corrected chi connectivity index (χ3v) is 4.96. The quantitative estimate of drug-likeness (QED) is 0.827. The fraction of sp³-hybridized carbons (Fsp3) is 0.500. The van der Waals surface area contributed by atoms with Crippen LogP contribution in [0.5, 0.6) is 0 Å². The first-order valence-corrected chi connectivity index (χ1v) is 10.0. The number of nitrogens with one attached hydrogen (secondary N) is 2. The second-order valence-corrected chi connectivity index (χ2v) is 8.59. The van der Waals surface area contributed by atoms with E-state index in [2.05, 4.69) is 10.3 Å². The van der Waals surface area contributed by atoms with E-state index in [1.165, 1.54) is 4.90 Å². The van der Waals surface area contributed by atoms with Crippen molar-refractivity contribution in [2.75, 3.05) is 13.1 Å². The molecule has 1 aromatic carbocycles. The number of hydrogen-bond acceptors (Lipinski definition) is 4. The lowest BCUT2D eigenvalue weighted by atomic mass is 10.1. The van der Waals surface area contributed by atoms with Crippen molar-refractivity contribution in [3.8, 4) is 0 Å². The van der Waals surface area contributed by atoms with Crippen molar-refractivity contribution in [2.24, 2.45) is 0 Å². The first-order valence-electron chi connectivity index (χ1n) is 10.0. The van der Waals surface area contributed by atoms with Crippen LogP contribution in [0.3, 0.4) is 0 Å². The Morgan fingerprint density at radius 1 is 1.28 bits per heavy atom. The Morgan fingerprint density at radius 2 is 2.03 bits per heavy atom. The number of carbonyl (C=O) groups excluding carboxylic acids is 2. The molecule has 0 spiro atoms. The Labute approximate surface area is 170 Å². The van der Waals surface area contributed by atoms with Crippen molar-refractivity contribution in [2.45, 2.75) is 58.6 Å². The van der Waals surface area contributed by atoms with Crippen LogP contribution in [0.1, 0.15) is 44.7 Å². The molecule has 0 saturated carbocycles. The van der Waals surface area contributed by atoms with Crippen LogP contribution in [0.2, 0.25) is 0 Å². The number of likely N-dealkylation sites (tertiary alicyclic amines) is 1. The molecular weight excluding hydrogens is 370 g/mol. The van der Waals surface area contributed by atoms with Gasteiger partial charge >= 0.3 is 6.09 Å². The maximum Gasteiger partial charge on any atom is 0.410 e. The van der Waals surface area contributed by atoms with Gasteiger partial charge in [0.2, 0.25) is 5.91 Å². The number of aryl methyl sites for hydroxylation is 1. The number of ether oxygens (including phenoxy) is 1. The molecule has 0 aliphatic carbocycles. The molecule has 1 aliphatic heterocycles. The van der Waals surface area contributed by atoms with Crippen molar-refractivity contribution < 1.29 is 14.3 Å². The van der Waals surface area contributed by atoms with Gasteiger partial charge in [-0.3, -0.25) is 14.5 Å². The number of rotatable bonds is 4. The molecular formula is C22H29N3O4. The Morgan fingerprint density at radius 3 is 2.76 bits per heavy atom. The summed E-state index contributed by atoms with van der Waals surface area (Å²) in [5, 5.41) is 3.83. The Balaban J connectivity index is 1.60. The topological polar surface area (TPSA) is 91.5 Å². The molecule has 1 aromatic heterocycles. The van der Waals surface area contributed by atoms with E-state index in [1.807, 2.05) is 31.2 Å². The smallest absolute Gasteiger partial charge is 0.410 e. The zero-order valence-electron chi connectivity index (χ0n) is 17.5. The van der Waals surface area contributed by atoms with Gasteiger partial charge in [0.25, 0.3) is 5.56 Å². The highest BCUT2D eigenvalue weighted by molar-refractivity contribution is 5.86. The molecule has 2 amide bonds. The van der Waals surface area contributed by atoms with Crippen molar-refractivity contribution in [3.63, 3.8) is 0 Å². The number of pyridine rings is 1. The van der Waals surface area contributed by atoms with Crippen LogP contribution >= 0.6 is 0 Å². The van der Waals surface area contributed by atoms with E-state index < -0.39 is 17.7 Å². The maximum absolute atomic E-state index is 12.6. The van der Waals surface area contributed by atoms with Crippen molar-refractivity contribution in [1.82, 2.24) is 15.2 Å². The summed E-state index contributed by atoms with van der Waals surface area (Å²) in [6, 6.07) is 7.25. The fourth-order valence-electron chi connectivity index (χ4n) is 3.56. The highest BCUT2D eigenvalue weighted by Crippen LogP contribution is 2.21. The number of benzene rings is 1. The predicted molar refractivity (Wildman–Crippen MR) is 112 cm³/mol. The second kappa shape index (κ2) is 8.27. The van der Waals surface area contributed by atoms with Crippen LogP contribution in [0.4, 0.5) is 4.79 Å². The lowest BCUT2D eigenvalue weighted by molar-refractivity contribution is -0.125. The summed E-state index contributed by atoms with van der Waals surface area (Å²) in [7, 11) is 0. The highest BCUT2D eigenvalue weighted by Gasteiger charge is 2.36. The monoisotopic (exact) mass is 399 g/mol. The van der Waals surface area contributed by atoms with E-state index in [9.17, 15) is 14.4 Å². The van der Waals surface area contributed by atoms with Crippen LogP contribution in [-0.4, -0.2) is 46.6 Å². The number of amides is 2. The van der Waals surface area contributed by atoms with Crippen LogP contribution in [0.15, 0.2) is 29.1 Å². The van der Waals surface area contributed by atoms with E-state index >= 15 is 0 Å². The molecule has 3 rings (SSSR count). The van der Waals surface area contributed by atoms with Crippen molar-refractivity contribution >= 4 is 22.9 Å². The van der Waals surface area contributed by atoms with Gasteiger partial charge in [-0.2, -0.15) is 0 Å². The van der Waals surface area contributed by atoms with Gasteiger partial charge in [-0.15, -0.1) is 0 Å². The molecule has 0 bridgehead atoms. The van der Waals surface area contributed by atoms with Crippen LogP contribution < -0.4 is 10.9 Å². The number of carbonyl (C=O) groups is 2. The molecule has 156 valence electrons. The van der Waals surface area contributed by atoms with E-state index in [0.29, 0.717) is 31.5 Å². The zero-order chi connectivity index (χ0) is 21.2. The predicted octanol–water partition coefficient (Wildman–Crippen LogP) is 2.89. The third kappa shape index (κ3) is 5.16. The highest BCUT2D eigenvalue weighted by atomic mass is 16.6. The van der Waals surface area contributed by atoms with Crippen LogP contribution in [0, 0.1) is 6.92 Å². The number of hydrogen-bond donors (Lipinski definition) is 2. The van der Waals surface area contributed by atoms with Gasteiger partial charge in [-0.05, 0) is 70.0 Å². The summed E-state index contributed by atoms with van der Waals surface area (Å²) >= 11 is 0. The Hall–Kier alpha value is -2.83. The van der Waals surface area contributed by atoms with Gasteiger partial charge < -0.3 is 15.0 Å². The number of fused-ring (bicyclic) bond motifs is 1. The van der Waals surface area contributed by atoms with Gasteiger partial charge in [0.05, 0.1) is 0 Å². The van der Waals surface area contributed by atoms with Crippen LogP contribution in [-0.2, 0) is 16.0 Å². The minimum atomic E-state index is -0.601. The Bertz CT molecular complexity index is 974. The average molecular weight is 399 g/mol. The summed E-state index contributed by atoms with van der Waals surface area (Å²) in [4.78, 5) is 41.6. The van der Waals surface area contributed by atoms with Gasteiger partial charge in [0, 0.05) is 24.2 Å². The average Bonchev–Trinajstić information content (AvgIpc) is 3.11. The molecule has 2 heterocycles. The van der Waals surface area contributed by atoms with Crippen LogP contribution in [0.25, 0.3) is 10.9 Å². The maximum atomic E-state index is 12.6. The van der Waals surface area contributed by atoms with Crippen molar-refractivity contribution in [1.29, 1.82) is 0 Å². The van der Waals surface area contributed by atoms with Crippen molar-refractivity contribution in [3.05, 3.63) is 45.7 Å². The van der Waals surface area contributed by atoms with E-state index in [1.54, 1.807) is 20.8 Å². The number of H-pyrrole nitrogens is 1. The molecule has 1 atom stereocenters. The number of aromatic amines is 1. The normalized spacial score (nSPS) is 16.8. The molecule has 7 heteroatoms. The Kier molecular flexibility index (Phi) is 5.96. The van der Waals surface area contributed by atoms with Gasteiger partial charge in [-0.25, -0.2) is 4.79 Å². The minimum Gasteiger partial charge on any atom is -0.444 e. The van der Waals surface area contributed by atoms with Gasteiger partial charge in [0.15, 0.2) is 0 Å². The molecule has 7 nitrogen and oxygen atoms in total. The molecule has 1 aliphatic rings. The van der Waals surface area contributed by atoms with Gasteiger partial charge in [0.1, 0.15) is 11.6 Å². The molecule has 1 fully saturated rings. The number of nitrogens with zero attached hydrogens (tertiary/aromatic N) is 1. The SMILES string of the molecule is Cc1ccc2cc(CCNC(=O)C3CCCN3C(=O)OC(C)(C)C)c(=O)[nH]c2c1. The fourth-order valence-corrected chi connectivity index (χ4v) is 3.56. The summed E-state index contributed by atoms with van der Waals surface area (Å²) in [5.41, 5.74) is 1.77. The molecule has 2 aromatic rings. The van der Waals surface area contributed by atoms with Gasteiger partial charge in [-0.1, -0.05) is 12.1 Å². The van der Waals surface area contributed by atoms with E-state index in [-0.39, 0.29) is 11.5 Å². The summed E-state index contributed by atoms with van der Waals surface area (Å²) < 4.78 is 5.40. The third-order valence-electron chi connectivity index (χ3n) is 4.96. The largest absolute Gasteiger partial charge is 0.444 e. The molecule has 2 N–H and O–H groups in total. The lowest BCUT2D eigenvalue weighted by Crippen LogP contribution is -2.48.